The van der Waals surface area contributed by atoms with Gasteiger partial charge in [0.15, 0.2) is 0 Å². The van der Waals surface area contributed by atoms with Crippen molar-refractivity contribution < 1.29 is 9.53 Å². The Kier molecular flexibility index (Phi) is 6.03. The molecular formula is C16H25NO2. The first kappa shape index (κ1) is 15.7. The van der Waals surface area contributed by atoms with Crippen LogP contribution in [0.25, 0.3) is 0 Å². The molecule has 1 amide bonds. The van der Waals surface area contributed by atoms with E-state index in [2.05, 4.69) is 20.8 Å². The maximum absolute atomic E-state index is 12.4. The Morgan fingerprint density at radius 3 is 2.58 bits per heavy atom. The van der Waals surface area contributed by atoms with E-state index in [-0.39, 0.29) is 11.9 Å². The van der Waals surface area contributed by atoms with Crippen LogP contribution in [0.4, 0.5) is 0 Å². The number of ether oxygens (including phenoxy) is 1. The molecule has 1 rings (SSSR count). The van der Waals surface area contributed by atoms with E-state index in [9.17, 15) is 4.79 Å². The van der Waals surface area contributed by atoms with Crippen LogP contribution in [-0.2, 0) is 11.3 Å². The number of rotatable bonds is 6. The normalized spacial score (nSPS) is 12.5. The molecule has 0 fully saturated rings. The molecule has 0 saturated carbocycles. The van der Waals surface area contributed by atoms with Gasteiger partial charge in [0.1, 0.15) is 0 Å². The van der Waals surface area contributed by atoms with Gasteiger partial charge in [-0.15, -0.1) is 0 Å². The first-order valence-electron chi connectivity index (χ1n) is 6.80. The average molecular weight is 263 g/mol. The van der Waals surface area contributed by atoms with E-state index < -0.39 is 0 Å². The minimum Gasteiger partial charge on any atom is -0.380 e. The molecule has 1 aromatic carbocycles. The van der Waals surface area contributed by atoms with Gasteiger partial charge in [0.25, 0.3) is 5.91 Å². The zero-order chi connectivity index (χ0) is 14.4. The molecule has 3 nitrogen and oxygen atoms in total. The molecule has 0 aliphatic rings. The Morgan fingerprint density at radius 1 is 1.32 bits per heavy atom. The molecule has 0 N–H and O–H groups in total. The molecular weight excluding hydrogens is 238 g/mol. The van der Waals surface area contributed by atoms with Gasteiger partial charge < -0.3 is 9.64 Å². The molecule has 0 aromatic heterocycles. The fourth-order valence-electron chi connectivity index (χ4n) is 2.20. The summed E-state index contributed by atoms with van der Waals surface area (Å²) in [5.74, 6) is 0.663. The van der Waals surface area contributed by atoms with Crippen molar-refractivity contribution in [3.63, 3.8) is 0 Å². The third kappa shape index (κ3) is 4.67. The summed E-state index contributed by atoms with van der Waals surface area (Å²) in [7, 11) is 3.53. The number of benzene rings is 1. The molecule has 0 aliphatic carbocycles. The van der Waals surface area contributed by atoms with Gasteiger partial charge in [0.2, 0.25) is 0 Å². The molecule has 0 heterocycles. The minimum atomic E-state index is 0.0751. The number of amides is 1. The summed E-state index contributed by atoms with van der Waals surface area (Å²) in [6.07, 6.45) is 1.01. The lowest BCUT2D eigenvalue weighted by atomic mass is 10.0. The van der Waals surface area contributed by atoms with Gasteiger partial charge in [-0.3, -0.25) is 4.79 Å². The Bertz CT molecular complexity index is 415. The molecule has 3 heteroatoms. The second-order valence-corrected chi connectivity index (χ2v) is 5.53. The fraction of sp³-hybridized carbons (Fsp3) is 0.562. The molecule has 0 radical (unpaired) electrons. The van der Waals surface area contributed by atoms with Crippen molar-refractivity contribution in [3.05, 3.63) is 35.4 Å². The van der Waals surface area contributed by atoms with Gasteiger partial charge in [0, 0.05) is 25.8 Å². The maximum Gasteiger partial charge on any atom is 0.253 e. The van der Waals surface area contributed by atoms with E-state index in [0.29, 0.717) is 12.5 Å². The number of hydrogen-bond donors (Lipinski definition) is 0. The number of carbonyl (C=O) groups is 1. The summed E-state index contributed by atoms with van der Waals surface area (Å²) in [4.78, 5) is 14.2. The zero-order valence-corrected chi connectivity index (χ0v) is 12.6. The van der Waals surface area contributed by atoms with Crippen molar-refractivity contribution >= 4 is 5.91 Å². The van der Waals surface area contributed by atoms with Gasteiger partial charge in [-0.1, -0.05) is 26.0 Å². The van der Waals surface area contributed by atoms with Crippen LogP contribution < -0.4 is 0 Å². The molecule has 0 bridgehead atoms. The molecule has 19 heavy (non-hydrogen) atoms. The Morgan fingerprint density at radius 2 is 2.00 bits per heavy atom. The molecule has 1 aromatic rings. The summed E-state index contributed by atoms with van der Waals surface area (Å²) in [6, 6.07) is 7.89. The lowest BCUT2D eigenvalue weighted by Crippen LogP contribution is -2.35. The van der Waals surface area contributed by atoms with Crippen molar-refractivity contribution in [3.8, 4) is 0 Å². The van der Waals surface area contributed by atoms with Crippen molar-refractivity contribution in [2.45, 2.75) is 39.8 Å². The summed E-state index contributed by atoms with van der Waals surface area (Å²) in [5.41, 5.74) is 1.76. The summed E-state index contributed by atoms with van der Waals surface area (Å²) in [6.45, 7) is 6.98. The second kappa shape index (κ2) is 7.29. The third-order valence-corrected chi connectivity index (χ3v) is 3.28. The quantitative estimate of drug-likeness (QED) is 0.788. The molecule has 0 spiro atoms. The highest BCUT2D eigenvalue weighted by molar-refractivity contribution is 5.94. The average Bonchev–Trinajstić information content (AvgIpc) is 2.37. The predicted molar refractivity (Wildman–Crippen MR) is 78.2 cm³/mol. The Hall–Kier alpha value is -1.35. The topological polar surface area (TPSA) is 29.5 Å². The van der Waals surface area contributed by atoms with Crippen LogP contribution in [0.2, 0.25) is 0 Å². The van der Waals surface area contributed by atoms with Crippen molar-refractivity contribution in [2.75, 3.05) is 14.2 Å². The van der Waals surface area contributed by atoms with E-state index in [0.717, 1.165) is 17.5 Å². The van der Waals surface area contributed by atoms with Gasteiger partial charge in [-0.25, -0.2) is 0 Å². The molecule has 0 unspecified atom stereocenters. The fourth-order valence-corrected chi connectivity index (χ4v) is 2.20. The maximum atomic E-state index is 12.4. The van der Waals surface area contributed by atoms with Crippen LogP contribution >= 0.6 is 0 Å². The monoisotopic (exact) mass is 263 g/mol. The Balaban J connectivity index is 2.78. The summed E-state index contributed by atoms with van der Waals surface area (Å²) in [5, 5.41) is 0. The van der Waals surface area contributed by atoms with Crippen molar-refractivity contribution in [2.24, 2.45) is 5.92 Å². The van der Waals surface area contributed by atoms with Crippen LogP contribution in [0.1, 0.15) is 43.1 Å². The van der Waals surface area contributed by atoms with Gasteiger partial charge in [0.05, 0.1) is 6.61 Å². The summed E-state index contributed by atoms with van der Waals surface area (Å²) >= 11 is 0. The van der Waals surface area contributed by atoms with Gasteiger partial charge >= 0.3 is 0 Å². The molecule has 0 aliphatic heterocycles. The number of methoxy groups -OCH3 is 1. The first-order chi connectivity index (χ1) is 8.95. The van der Waals surface area contributed by atoms with Crippen molar-refractivity contribution in [1.82, 2.24) is 4.90 Å². The van der Waals surface area contributed by atoms with Gasteiger partial charge in [-0.05, 0) is 37.0 Å². The van der Waals surface area contributed by atoms with Crippen LogP contribution in [-0.4, -0.2) is 31.0 Å². The number of carbonyl (C=O) groups excluding carboxylic acids is 1. The highest BCUT2D eigenvalue weighted by Crippen LogP contribution is 2.14. The van der Waals surface area contributed by atoms with E-state index in [1.54, 1.807) is 7.11 Å². The highest BCUT2D eigenvalue weighted by Gasteiger charge is 2.18. The minimum absolute atomic E-state index is 0.0751. The van der Waals surface area contributed by atoms with E-state index >= 15 is 0 Å². The van der Waals surface area contributed by atoms with Crippen LogP contribution in [0, 0.1) is 5.92 Å². The van der Waals surface area contributed by atoms with Crippen LogP contribution in [0.5, 0.6) is 0 Å². The predicted octanol–water partition coefficient (Wildman–Crippen LogP) is 3.34. The summed E-state index contributed by atoms with van der Waals surface area (Å²) < 4.78 is 5.10. The standard InChI is InChI=1S/C16H25NO2/c1-12(2)9-13(3)17(4)16(18)15-8-6-7-14(10-15)11-19-5/h6-8,10,12-13H,9,11H2,1-5H3/t13-/m1/s1. The van der Waals surface area contributed by atoms with E-state index in [1.807, 2.05) is 36.2 Å². The number of nitrogens with zero attached hydrogens (tertiary/aromatic N) is 1. The van der Waals surface area contributed by atoms with Crippen molar-refractivity contribution in [1.29, 1.82) is 0 Å². The van der Waals surface area contributed by atoms with E-state index in [4.69, 9.17) is 4.74 Å². The number of hydrogen-bond acceptors (Lipinski definition) is 2. The van der Waals surface area contributed by atoms with Crippen LogP contribution in [0.15, 0.2) is 24.3 Å². The van der Waals surface area contributed by atoms with Gasteiger partial charge in [-0.2, -0.15) is 0 Å². The largest absolute Gasteiger partial charge is 0.380 e. The molecule has 1 atom stereocenters. The SMILES string of the molecule is COCc1cccc(C(=O)N(C)[C@H](C)CC(C)C)c1. The molecule has 0 saturated heterocycles. The van der Waals surface area contributed by atoms with E-state index in [1.165, 1.54) is 0 Å². The molecule has 106 valence electrons. The zero-order valence-electron chi connectivity index (χ0n) is 12.6. The third-order valence-electron chi connectivity index (χ3n) is 3.28. The smallest absolute Gasteiger partial charge is 0.253 e. The lowest BCUT2D eigenvalue weighted by Gasteiger charge is -2.26. The highest BCUT2D eigenvalue weighted by atomic mass is 16.5. The van der Waals surface area contributed by atoms with Crippen LogP contribution in [0.3, 0.4) is 0 Å². The first-order valence-corrected chi connectivity index (χ1v) is 6.80. The Labute approximate surface area is 116 Å². The lowest BCUT2D eigenvalue weighted by molar-refractivity contribution is 0.0728. The second-order valence-electron chi connectivity index (χ2n) is 5.53.